The first-order chi connectivity index (χ1) is 13.8. The Morgan fingerprint density at radius 1 is 1.14 bits per heavy atom. The van der Waals surface area contributed by atoms with Crippen LogP contribution >= 0.6 is 0 Å². The van der Waals surface area contributed by atoms with Crippen LogP contribution in [0.3, 0.4) is 0 Å². The van der Waals surface area contributed by atoms with Gasteiger partial charge in [0, 0.05) is 18.8 Å². The van der Waals surface area contributed by atoms with Gasteiger partial charge in [0.15, 0.2) is 6.10 Å². The quantitative estimate of drug-likeness (QED) is 0.388. The fourth-order valence-electron chi connectivity index (χ4n) is 2.80. The zero-order valence-electron chi connectivity index (χ0n) is 16.9. The Morgan fingerprint density at radius 3 is 2.45 bits per heavy atom. The van der Waals surface area contributed by atoms with Crippen molar-refractivity contribution in [2.75, 3.05) is 17.7 Å². The Bertz CT molecular complexity index is 913. The number of carbonyl (C=O) groups is 2. The lowest BCUT2D eigenvalue weighted by molar-refractivity contribution is -0.384. The fraction of sp³-hybridized carbons (Fsp3) is 0.333. The van der Waals surface area contributed by atoms with Gasteiger partial charge in [0.1, 0.15) is 5.69 Å². The van der Waals surface area contributed by atoms with Crippen LogP contribution < -0.4 is 10.6 Å². The third-order valence-corrected chi connectivity index (χ3v) is 4.71. The van der Waals surface area contributed by atoms with Gasteiger partial charge in [-0.1, -0.05) is 32.0 Å². The third kappa shape index (κ3) is 5.31. The number of ether oxygens (including phenoxy) is 1. The number of nitrogens with one attached hydrogen (secondary N) is 2. The van der Waals surface area contributed by atoms with E-state index in [1.54, 1.807) is 13.1 Å². The molecule has 0 bridgehead atoms. The van der Waals surface area contributed by atoms with Crippen molar-refractivity contribution in [3.8, 4) is 0 Å². The van der Waals surface area contributed by atoms with Crippen LogP contribution in [0.2, 0.25) is 0 Å². The van der Waals surface area contributed by atoms with E-state index in [1.807, 2.05) is 18.2 Å². The van der Waals surface area contributed by atoms with Crippen molar-refractivity contribution in [3.05, 3.63) is 63.7 Å². The number of hydrogen-bond acceptors (Lipinski definition) is 6. The summed E-state index contributed by atoms with van der Waals surface area (Å²) in [5.74, 6) is -1.03. The second kappa shape index (κ2) is 9.68. The highest BCUT2D eigenvalue weighted by molar-refractivity contribution is 5.98. The first-order valence-corrected chi connectivity index (χ1v) is 9.35. The van der Waals surface area contributed by atoms with Crippen molar-refractivity contribution in [2.45, 2.75) is 39.2 Å². The average Bonchev–Trinajstić information content (AvgIpc) is 2.72. The monoisotopic (exact) mass is 399 g/mol. The number of hydrogen-bond donors (Lipinski definition) is 2. The molecule has 2 aromatic carbocycles. The van der Waals surface area contributed by atoms with Gasteiger partial charge in [0.25, 0.3) is 11.6 Å². The Labute approximate surface area is 169 Å². The van der Waals surface area contributed by atoms with E-state index in [-0.39, 0.29) is 22.9 Å². The molecule has 0 aliphatic carbocycles. The molecule has 2 N–H and O–H groups in total. The number of esters is 1. The number of rotatable bonds is 8. The van der Waals surface area contributed by atoms with Crippen molar-refractivity contribution >= 4 is 28.9 Å². The molecule has 0 saturated heterocycles. The Kier molecular flexibility index (Phi) is 7.30. The zero-order valence-corrected chi connectivity index (χ0v) is 16.9. The second-order valence-corrected chi connectivity index (χ2v) is 6.67. The molecule has 29 heavy (non-hydrogen) atoms. The molecule has 2 rings (SSSR count). The predicted octanol–water partition coefficient (Wildman–Crippen LogP) is 4.33. The number of benzene rings is 2. The smallest absolute Gasteiger partial charge is 0.339 e. The van der Waals surface area contributed by atoms with E-state index in [2.05, 4.69) is 24.5 Å². The Morgan fingerprint density at radius 2 is 1.83 bits per heavy atom. The molecule has 0 unspecified atom stereocenters. The van der Waals surface area contributed by atoms with Crippen LogP contribution in [0.15, 0.2) is 42.5 Å². The molecule has 0 spiro atoms. The van der Waals surface area contributed by atoms with Gasteiger partial charge < -0.3 is 15.4 Å². The van der Waals surface area contributed by atoms with Crippen LogP contribution in [-0.4, -0.2) is 30.0 Å². The highest BCUT2D eigenvalue weighted by atomic mass is 16.6. The Balaban J connectivity index is 2.11. The van der Waals surface area contributed by atoms with Crippen molar-refractivity contribution in [1.29, 1.82) is 0 Å². The first-order valence-electron chi connectivity index (χ1n) is 9.35. The summed E-state index contributed by atoms with van der Waals surface area (Å²) in [5.41, 5.74) is 1.69. The first kappa shape index (κ1) is 21.9. The molecule has 0 aromatic heterocycles. The summed E-state index contributed by atoms with van der Waals surface area (Å²) >= 11 is 0. The van der Waals surface area contributed by atoms with Gasteiger partial charge in [-0.15, -0.1) is 0 Å². The van der Waals surface area contributed by atoms with Gasteiger partial charge >= 0.3 is 5.97 Å². The minimum absolute atomic E-state index is 0.00430. The molecule has 1 amide bonds. The molecular formula is C21H25N3O5. The highest BCUT2D eigenvalue weighted by Crippen LogP contribution is 2.27. The van der Waals surface area contributed by atoms with E-state index in [9.17, 15) is 19.7 Å². The largest absolute Gasteiger partial charge is 0.449 e. The van der Waals surface area contributed by atoms with Crippen LogP contribution in [-0.2, 0) is 9.53 Å². The van der Waals surface area contributed by atoms with Crippen LogP contribution in [0.25, 0.3) is 0 Å². The van der Waals surface area contributed by atoms with E-state index in [4.69, 9.17) is 4.74 Å². The molecule has 0 aliphatic rings. The summed E-state index contributed by atoms with van der Waals surface area (Å²) in [6.07, 6.45) is -0.158. The molecule has 0 fully saturated rings. The van der Waals surface area contributed by atoms with Gasteiger partial charge in [-0.25, -0.2) is 4.79 Å². The van der Waals surface area contributed by atoms with E-state index in [1.165, 1.54) is 19.1 Å². The lowest BCUT2D eigenvalue weighted by atomic mass is 9.97. The summed E-state index contributed by atoms with van der Waals surface area (Å²) in [6, 6.07) is 11.4. The van der Waals surface area contributed by atoms with Crippen LogP contribution in [0.5, 0.6) is 0 Å². The summed E-state index contributed by atoms with van der Waals surface area (Å²) in [7, 11) is 1.55. The molecule has 2 aromatic rings. The SMILES string of the molecule is CC[C@H](C)c1ccccc1NC(=O)[C@H](C)OC(=O)c1ccc(NC)c([N+](=O)[O-])c1. The normalized spacial score (nSPS) is 12.6. The lowest BCUT2D eigenvalue weighted by Gasteiger charge is -2.18. The van der Waals surface area contributed by atoms with E-state index < -0.39 is 22.9 Å². The van der Waals surface area contributed by atoms with Crippen molar-refractivity contribution in [3.63, 3.8) is 0 Å². The molecule has 0 saturated carbocycles. The van der Waals surface area contributed by atoms with Crippen LogP contribution in [0, 0.1) is 10.1 Å². The van der Waals surface area contributed by atoms with Crippen molar-refractivity contribution in [2.24, 2.45) is 0 Å². The minimum Gasteiger partial charge on any atom is -0.449 e. The number of nitrogens with zero attached hydrogens (tertiary/aromatic N) is 1. The number of para-hydroxylation sites is 1. The molecule has 0 radical (unpaired) electrons. The number of nitro groups is 1. The molecule has 8 heteroatoms. The van der Waals surface area contributed by atoms with E-state index >= 15 is 0 Å². The summed E-state index contributed by atoms with van der Waals surface area (Å²) in [4.78, 5) is 35.4. The Hall–Kier alpha value is -3.42. The number of nitro benzene ring substituents is 1. The topological polar surface area (TPSA) is 111 Å². The van der Waals surface area contributed by atoms with Crippen LogP contribution in [0.4, 0.5) is 17.1 Å². The summed E-state index contributed by atoms with van der Waals surface area (Å²) < 4.78 is 5.21. The van der Waals surface area contributed by atoms with Gasteiger partial charge in [-0.3, -0.25) is 14.9 Å². The molecule has 0 heterocycles. The molecule has 0 aliphatic heterocycles. The van der Waals surface area contributed by atoms with Crippen molar-refractivity contribution in [1.82, 2.24) is 0 Å². The van der Waals surface area contributed by atoms with Gasteiger partial charge in [-0.2, -0.15) is 0 Å². The van der Waals surface area contributed by atoms with Crippen LogP contribution in [0.1, 0.15) is 49.0 Å². The van der Waals surface area contributed by atoms with Gasteiger partial charge in [0.2, 0.25) is 0 Å². The predicted molar refractivity (Wildman–Crippen MR) is 111 cm³/mol. The number of amides is 1. The molecule has 154 valence electrons. The van der Waals surface area contributed by atoms with E-state index in [0.717, 1.165) is 18.1 Å². The highest BCUT2D eigenvalue weighted by Gasteiger charge is 2.23. The lowest BCUT2D eigenvalue weighted by Crippen LogP contribution is -2.30. The third-order valence-electron chi connectivity index (χ3n) is 4.71. The zero-order chi connectivity index (χ0) is 21.6. The maximum absolute atomic E-state index is 12.5. The average molecular weight is 399 g/mol. The van der Waals surface area contributed by atoms with E-state index in [0.29, 0.717) is 5.69 Å². The minimum atomic E-state index is -1.07. The number of anilines is 2. The standard InChI is InChI=1S/C21H25N3O5/c1-5-13(2)16-8-6-7-9-17(16)23-20(25)14(3)29-21(26)15-10-11-18(22-4)19(12-15)24(27)28/h6-14,22H,5H2,1-4H3,(H,23,25)/t13-,14-/m0/s1. The molecule has 2 atom stereocenters. The fourth-order valence-corrected chi connectivity index (χ4v) is 2.80. The van der Waals surface area contributed by atoms with Gasteiger partial charge in [-0.05, 0) is 43.0 Å². The maximum Gasteiger partial charge on any atom is 0.339 e. The number of carbonyl (C=O) groups excluding carboxylic acids is 2. The molecular weight excluding hydrogens is 374 g/mol. The van der Waals surface area contributed by atoms with Crippen molar-refractivity contribution < 1.29 is 19.2 Å². The second-order valence-electron chi connectivity index (χ2n) is 6.67. The summed E-state index contributed by atoms with van der Waals surface area (Å²) in [6.45, 7) is 5.58. The van der Waals surface area contributed by atoms with Gasteiger partial charge in [0.05, 0.1) is 10.5 Å². The maximum atomic E-state index is 12.5. The molecule has 8 nitrogen and oxygen atoms in total. The summed E-state index contributed by atoms with van der Waals surface area (Å²) in [5, 5.41) is 16.6.